The number of benzene rings is 4. The van der Waals surface area contributed by atoms with Gasteiger partial charge in [0.25, 0.3) is 6.71 Å². The van der Waals surface area contributed by atoms with Crippen LogP contribution in [-0.4, -0.2) is 6.71 Å². The summed E-state index contributed by atoms with van der Waals surface area (Å²) in [6.45, 7) is 0.0716. The van der Waals surface area contributed by atoms with Crippen molar-refractivity contribution < 1.29 is 9.47 Å². The van der Waals surface area contributed by atoms with Crippen LogP contribution < -0.4 is 25.9 Å². The molecule has 0 aromatic heterocycles. The molecule has 0 fully saturated rings. The van der Waals surface area contributed by atoms with Crippen LogP contribution in [0, 0.1) is 0 Å². The lowest BCUT2D eigenvalue weighted by Gasteiger charge is -2.34. The van der Waals surface area contributed by atoms with Crippen LogP contribution in [0.3, 0.4) is 0 Å². The molecule has 2 heterocycles. The highest BCUT2D eigenvalue weighted by Crippen LogP contribution is 2.42. The van der Waals surface area contributed by atoms with E-state index in [4.69, 9.17) is 21.1 Å². The predicted octanol–water partition coefficient (Wildman–Crippen LogP) is 4.73. The third kappa shape index (κ3) is 2.17. The normalized spacial score (nSPS) is 13.0. The number of fused-ring (bicyclic) bond motifs is 4. The topological polar surface area (TPSA) is 18.5 Å². The molecule has 132 valence electrons. The fraction of sp³-hybridized carbons (Fsp3) is 0. The van der Waals surface area contributed by atoms with Crippen molar-refractivity contribution in [3.8, 4) is 34.1 Å². The summed E-state index contributed by atoms with van der Waals surface area (Å²) in [5, 5.41) is 0.704. The van der Waals surface area contributed by atoms with Gasteiger partial charge < -0.3 is 9.47 Å². The number of halogens is 1. The van der Waals surface area contributed by atoms with Gasteiger partial charge in [0.05, 0.1) is 0 Å². The van der Waals surface area contributed by atoms with E-state index in [2.05, 4.69) is 24.3 Å². The first-order valence-corrected chi connectivity index (χ1v) is 9.64. The zero-order chi connectivity index (χ0) is 18.7. The van der Waals surface area contributed by atoms with Crippen molar-refractivity contribution in [2.45, 2.75) is 0 Å². The molecule has 0 bridgehead atoms. The first-order valence-electron chi connectivity index (χ1n) is 9.26. The molecule has 0 aliphatic carbocycles. The third-order valence-electron chi connectivity index (χ3n) is 5.50. The molecule has 6 rings (SSSR count). The minimum Gasteiger partial charge on any atom is -0.458 e. The zero-order valence-electron chi connectivity index (χ0n) is 14.9. The molecule has 2 aliphatic heterocycles. The highest BCUT2D eigenvalue weighted by atomic mass is 35.5. The summed E-state index contributed by atoms with van der Waals surface area (Å²) in [6.07, 6.45) is 0. The van der Waals surface area contributed by atoms with Crippen molar-refractivity contribution in [1.29, 1.82) is 0 Å². The Kier molecular flexibility index (Phi) is 3.35. The van der Waals surface area contributed by atoms with E-state index >= 15 is 0 Å². The van der Waals surface area contributed by atoms with Gasteiger partial charge in [0.2, 0.25) is 0 Å². The molecule has 2 nitrogen and oxygen atoms in total. The fourth-order valence-electron chi connectivity index (χ4n) is 4.28. The Balaban J connectivity index is 1.68. The molecular weight excluding hydrogens is 367 g/mol. The molecule has 0 saturated heterocycles. The molecule has 0 amide bonds. The number of hydrogen-bond donors (Lipinski definition) is 0. The molecule has 0 N–H and O–H groups in total. The van der Waals surface area contributed by atoms with Gasteiger partial charge in [-0.15, -0.1) is 0 Å². The Morgan fingerprint density at radius 3 is 1.96 bits per heavy atom. The maximum atomic E-state index is 6.52. The van der Waals surface area contributed by atoms with E-state index in [0.717, 1.165) is 50.5 Å². The van der Waals surface area contributed by atoms with E-state index in [1.165, 1.54) is 0 Å². The standard InChI is InChI=1S/C24H14BClO2/c26-19-10-4-1-7-15(19)16-13-14-22-23-24(16)28-21-12-6-3-9-18(21)25(23)17-8-2-5-11-20(17)27-22/h1-14H. The van der Waals surface area contributed by atoms with Gasteiger partial charge in [-0.25, -0.2) is 0 Å². The molecule has 2 aliphatic rings. The SMILES string of the molecule is Clc1ccccc1-c1ccc2c3c1Oc1ccccc1B3c1ccccc1O2. The molecule has 0 unspecified atom stereocenters. The summed E-state index contributed by atoms with van der Waals surface area (Å²) >= 11 is 6.52. The van der Waals surface area contributed by atoms with Crippen LogP contribution in [0.15, 0.2) is 84.9 Å². The maximum absolute atomic E-state index is 6.52. The second-order valence-corrected chi connectivity index (χ2v) is 7.45. The van der Waals surface area contributed by atoms with E-state index in [-0.39, 0.29) is 6.71 Å². The van der Waals surface area contributed by atoms with Crippen LogP contribution >= 0.6 is 11.6 Å². The van der Waals surface area contributed by atoms with Crippen LogP contribution in [0.1, 0.15) is 0 Å². The highest BCUT2D eigenvalue weighted by molar-refractivity contribution is 6.98. The van der Waals surface area contributed by atoms with Gasteiger partial charge in [-0.1, -0.05) is 66.2 Å². The van der Waals surface area contributed by atoms with Crippen molar-refractivity contribution >= 4 is 34.7 Å². The van der Waals surface area contributed by atoms with Gasteiger partial charge in [0.1, 0.15) is 23.0 Å². The molecule has 0 radical (unpaired) electrons. The van der Waals surface area contributed by atoms with E-state index in [1.807, 2.05) is 60.7 Å². The Bertz CT molecular complexity index is 1240. The molecule has 4 aromatic rings. The Morgan fingerprint density at radius 2 is 1.21 bits per heavy atom. The Hall–Kier alpha value is -3.17. The van der Waals surface area contributed by atoms with Crippen molar-refractivity contribution in [3.63, 3.8) is 0 Å². The molecule has 0 spiro atoms. The van der Waals surface area contributed by atoms with E-state index < -0.39 is 0 Å². The highest BCUT2D eigenvalue weighted by Gasteiger charge is 2.40. The van der Waals surface area contributed by atoms with Crippen LogP contribution in [0.25, 0.3) is 11.1 Å². The van der Waals surface area contributed by atoms with Gasteiger partial charge in [-0.2, -0.15) is 0 Å². The van der Waals surface area contributed by atoms with Gasteiger partial charge in [0, 0.05) is 21.6 Å². The Morgan fingerprint density at radius 1 is 0.571 bits per heavy atom. The molecule has 0 saturated carbocycles. The fourth-order valence-corrected chi connectivity index (χ4v) is 4.51. The molecule has 0 atom stereocenters. The van der Waals surface area contributed by atoms with Crippen LogP contribution in [0.2, 0.25) is 5.02 Å². The smallest absolute Gasteiger partial charge is 0.260 e. The van der Waals surface area contributed by atoms with Crippen LogP contribution in [-0.2, 0) is 0 Å². The second kappa shape index (κ2) is 5.92. The lowest BCUT2D eigenvalue weighted by molar-refractivity contribution is 0.465. The molecule has 4 aromatic carbocycles. The minimum absolute atomic E-state index is 0.0716. The van der Waals surface area contributed by atoms with E-state index in [9.17, 15) is 0 Å². The van der Waals surface area contributed by atoms with Crippen LogP contribution in [0.5, 0.6) is 23.0 Å². The minimum atomic E-state index is 0.0716. The number of rotatable bonds is 1. The lowest BCUT2D eigenvalue weighted by Crippen LogP contribution is -2.57. The average molecular weight is 381 g/mol. The first-order chi connectivity index (χ1) is 13.8. The van der Waals surface area contributed by atoms with Crippen molar-refractivity contribution in [2.24, 2.45) is 0 Å². The summed E-state index contributed by atoms with van der Waals surface area (Å²) in [5.74, 6) is 3.43. The van der Waals surface area contributed by atoms with Crippen molar-refractivity contribution in [2.75, 3.05) is 0 Å². The largest absolute Gasteiger partial charge is 0.458 e. The van der Waals surface area contributed by atoms with Crippen molar-refractivity contribution in [3.05, 3.63) is 90.0 Å². The van der Waals surface area contributed by atoms with Gasteiger partial charge in [-0.3, -0.25) is 0 Å². The number of hydrogen-bond acceptors (Lipinski definition) is 2. The van der Waals surface area contributed by atoms with Crippen molar-refractivity contribution in [1.82, 2.24) is 0 Å². The van der Waals surface area contributed by atoms with Crippen LogP contribution in [0.4, 0.5) is 0 Å². The molecule has 4 heteroatoms. The number of ether oxygens (including phenoxy) is 2. The van der Waals surface area contributed by atoms with Gasteiger partial charge in [-0.05, 0) is 41.3 Å². The zero-order valence-corrected chi connectivity index (χ0v) is 15.6. The van der Waals surface area contributed by atoms with Gasteiger partial charge in [0.15, 0.2) is 0 Å². The predicted molar refractivity (Wildman–Crippen MR) is 115 cm³/mol. The Labute approximate surface area is 168 Å². The summed E-state index contributed by atoms with van der Waals surface area (Å²) in [6, 6.07) is 28.4. The monoisotopic (exact) mass is 380 g/mol. The average Bonchev–Trinajstić information content (AvgIpc) is 2.74. The summed E-state index contributed by atoms with van der Waals surface area (Å²) in [4.78, 5) is 0. The van der Waals surface area contributed by atoms with Gasteiger partial charge >= 0.3 is 0 Å². The first kappa shape index (κ1) is 15.9. The van der Waals surface area contributed by atoms with E-state index in [1.54, 1.807) is 0 Å². The number of para-hydroxylation sites is 2. The second-order valence-electron chi connectivity index (χ2n) is 7.05. The quantitative estimate of drug-likeness (QED) is 0.384. The maximum Gasteiger partial charge on any atom is 0.260 e. The summed E-state index contributed by atoms with van der Waals surface area (Å²) in [5.41, 5.74) is 5.31. The lowest BCUT2D eigenvalue weighted by atomic mass is 9.34. The molecular formula is C24H14BClO2. The third-order valence-corrected chi connectivity index (χ3v) is 5.83. The van der Waals surface area contributed by atoms with E-state index in [0.29, 0.717) is 5.02 Å². The summed E-state index contributed by atoms with van der Waals surface area (Å²) in [7, 11) is 0. The summed E-state index contributed by atoms with van der Waals surface area (Å²) < 4.78 is 12.7. The molecule has 28 heavy (non-hydrogen) atoms.